The molecule has 0 N–H and O–H groups in total. The summed E-state index contributed by atoms with van der Waals surface area (Å²) in [5, 5.41) is 0. The molecule has 0 radical (unpaired) electrons. The Bertz CT molecular complexity index is 1350. The normalized spacial score (nSPS) is 16.3. The number of imidazole rings is 1. The van der Waals surface area contributed by atoms with Gasteiger partial charge in [-0.3, -0.25) is 0 Å². The molecule has 1 aromatic carbocycles. The highest BCUT2D eigenvalue weighted by molar-refractivity contribution is 7.90. The van der Waals surface area contributed by atoms with E-state index in [9.17, 15) is 13.2 Å². The number of anilines is 1. The first kappa shape index (κ1) is 23.2. The fourth-order valence-electron chi connectivity index (χ4n) is 4.57. The first-order valence-corrected chi connectivity index (χ1v) is 12.9. The Kier molecular flexibility index (Phi) is 5.90. The van der Waals surface area contributed by atoms with Gasteiger partial charge in [0.25, 0.3) is 0 Å². The number of hydrogen-bond donors (Lipinski definition) is 0. The first-order chi connectivity index (χ1) is 15.6. The van der Waals surface area contributed by atoms with Crippen molar-refractivity contribution in [3.05, 3.63) is 41.0 Å². The monoisotopic (exact) mass is 471 g/mol. The smallest absolute Gasteiger partial charge is 0.341 e. The van der Waals surface area contributed by atoms with Crippen molar-refractivity contribution in [1.29, 1.82) is 0 Å². The molecule has 0 bridgehead atoms. The van der Waals surface area contributed by atoms with Crippen molar-refractivity contribution < 1.29 is 17.9 Å². The second-order valence-electron chi connectivity index (χ2n) is 8.74. The Balaban J connectivity index is 1.84. The average Bonchev–Trinajstić information content (AvgIpc) is 3.13. The van der Waals surface area contributed by atoms with E-state index in [1.165, 1.54) is 19.6 Å². The predicted octanol–water partition coefficient (Wildman–Crippen LogP) is 3.10. The second-order valence-corrected chi connectivity index (χ2v) is 10.7. The molecule has 176 valence electrons. The number of ether oxygens (including phenoxy) is 1. The van der Waals surface area contributed by atoms with E-state index in [0.29, 0.717) is 41.6 Å². The van der Waals surface area contributed by atoms with Gasteiger partial charge < -0.3 is 14.2 Å². The highest BCUT2D eigenvalue weighted by Crippen LogP contribution is 2.37. The summed E-state index contributed by atoms with van der Waals surface area (Å²) in [6.45, 7) is 9.18. The molecule has 1 atom stereocenters. The highest BCUT2D eigenvalue weighted by Gasteiger charge is 2.35. The van der Waals surface area contributed by atoms with Gasteiger partial charge in [-0.25, -0.2) is 28.2 Å². The number of hydrogen-bond acceptors (Lipinski definition) is 8. The van der Waals surface area contributed by atoms with Crippen molar-refractivity contribution in [2.24, 2.45) is 5.92 Å². The fraction of sp³-hybridized carbons (Fsp3) is 0.478. The van der Waals surface area contributed by atoms with Crippen LogP contribution in [0.15, 0.2) is 23.2 Å². The first-order valence-electron chi connectivity index (χ1n) is 11.0. The molecule has 0 spiro atoms. The SMILES string of the molecule is CCc1cc2nc3n(c2cc1S(C)(=O)=O)CCN(c1ncc(C(=O)OC)c(C)n1)[C@@H]3C(C)C. The van der Waals surface area contributed by atoms with Crippen LogP contribution in [0.2, 0.25) is 0 Å². The lowest BCUT2D eigenvalue weighted by atomic mass is 10.00. The molecule has 0 unspecified atom stereocenters. The zero-order chi connectivity index (χ0) is 24.1. The van der Waals surface area contributed by atoms with Crippen LogP contribution >= 0.6 is 0 Å². The quantitative estimate of drug-likeness (QED) is 0.523. The number of carbonyl (C=O) groups is 1. The summed E-state index contributed by atoms with van der Waals surface area (Å²) in [6, 6.07) is 3.55. The lowest BCUT2D eigenvalue weighted by Gasteiger charge is -2.38. The molecule has 33 heavy (non-hydrogen) atoms. The summed E-state index contributed by atoms with van der Waals surface area (Å²) in [4.78, 5) is 28.4. The Morgan fingerprint density at radius 1 is 1.24 bits per heavy atom. The maximum atomic E-state index is 12.4. The summed E-state index contributed by atoms with van der Waals surface area (Å²) in [5.41, 5.74) is 3.28. The molecule has 3 aromatic rings. The van der Waals surface area contributed by atoms with Gasteiger partial charge in [-0.15, -0.1) is 0 Å². The van der Waals surface area contributed by atoms with Crippen molar-refractivity contribution in [3.8, 4) is 0 Å². The molecule has 0 aliphatic carbocycles. The number of benzene rings is 1. The molecular weight excluding hydrogens is 442 g/mol. The number of methoxy groups -OCH3 is 1. The van der Waals surface area contributed by atoms with Crippen molar-refractivity contribution in [2.45, 2.75) is 51.6 Å². The molecule has 2 aromatic heterocycles. The largest absolute Gasteiger partial charge is 0.465 e. The summed E-state index contributed by atoms with van der Waals surface area (Å²) in [6.07, 6.45) is 3.36. The van der Waals surface area contributed by atoms with E-state index in [-0.39, 0.29) is 12.0 Å². The van der Waals surface area contributed by atoms with Gasteiger partial charge in [0.2, 0.25) is 5.95 Å². The summed E-state index contributed by atoms with van der Waals surface area (Å²) >= 11 is 0. The van der Waals surface area contributed by atoms with Gasteiger partial charge >= 0.3 is 5.97 Å². The van der Waals surface area contributed by atoms with Crippen LogP contribution in [-0.2, 0) is 27.5 Å². The molecule has 0 amide bonds. The number of nitrogens with zero attached hydrogens (tertiary/aromatic N) is 5. The standard InChI is InChI=1S/C23H29N5O4S/c1-7-15-10-17-18(11-19(15)33(6,30)31)27-8-9-28(20(13(2)3)21(27)26-17)23-24-12-16(14(4)25-23)22(29)32-5/h10-13,20H,7-9H2,1-6H3/t20-/m1/s1. The van der Waals surface area contributed by atoms with Gasteiger partial charge in [-0.1, -0.05) is 20.8 Å². The molecular formula is C23H29N5O4S. The van der Waals surface area contributed by atoms with E-state index in [4.69, 9.17) is 9.72 Å². The Morgan fingerprint density at radius 2 is 1.97 bits per heavy atom. The van der Waals surface area contributed by atoms with Gasteiger partial charge in [0, 0.05) is 25.5 Å². The molecule has 9 nitrogen and oxygen atoms in total. The number of carbonyl (C=O) groups excluding carboxylic acids is 1. The second kappa shape index (κ2) is 8.40. The van der Waals surface area contributed by atoms with Gasteiger partial charge in [0.05, 0.1) is 40.3 Å². The third-order valence-corrected chi connectivity index (χ3v) is 7.34. The van der Waals surface area contributed by atoms with Crippen molar-refractivity contribution in [3.63, 3.8) is 0 Å². The van der Waals surface area contributed by atoms with Crippen LogP contribution in [0.5, 0.6) is 0 Å². The number of aryl methyl sites for hydroxylation is 2. The van der Waals surface area contributed by atoms with E-state index >= 15 is 0 Å². The summed E-state index contributed by atoms with van der Waals surface area (Å²) < 4.78 is 31.7. The van der Waals surface area contributed by atoms with Gasteiger partial charge in [-0.2, -0.15) is 0 Å². The maximum absolute atomic E-state index is 12.4. The number of sulfone groups is 1. The minimum absolute atomic E-state index is 0.110. The lowest BCUT2D eigenvalue weighted by molar-refractivity contribution is 0.0599. The molecule has 0 saturated carbocycles. The summed E-state index contributed by atoms with van der Waals surface area (Å²) in [5.74, 6) is 1.11. The molecule has 1 aliphatic heterocycles. The van der Waals surface area contributed by atoms with Crippen LogP contribution in [0, 0.1) is 12.8 Å². The molecule has 1 aliphatic rings. The zero-order valence-corrected chi connectivity index (χ0v) is 20.6. The average molecular weight is 472 g/mol. The highest BCUT2D eigenvalue weighted by atomic mass is 32.2. The van der Waals surface area contributed by atoms with Gasteiger partial charge in [0.15, 0.2) is 9.84 Å². The van der Waals surface area contributed by atoms with Gasteiger partial charge in [-0.05, 0) is 37.0 Å². The van der Waals surface area contributed by atoms with E-state index in [2.05, 4.69) is 33.3 Å². The minimum Gasteiger partial charge on any atom is -0.465 e. The van der Waals surface area contributed by atoms with E-state index in [0.717, 1.165) is 22.4 Å². The third-order valence-electron chi connectivity index (χ3n) is 6.17. The topological polar surface area (TPSA) is 107 Å². The van der Waals surface area contributed by atoms with Crippen LogP contribution in [0.3, 0.4) is 0 Å². The molecule has 3 heterocycles. The Labute approximate surface area is 193 Å². The van der Waals surface area contributed by atoms with Crippen LogP contribution in [-0.4, -0.2) is 53.8 Å². The van der Waals surface area contributed by atoms with Crippen LogP contribution < -0.4 is 4.90 Å². The number of rotatable bonds is 5. The predicted molar refractivity (Wildman–Crippen MR) is 125 cm³/mol. The fourth-order valence-corrected chi connectivity index (χ4v) is 5.57. The van der Waals surface area contributed by atoms with Crippen LogP contribution in [0.4, 0.5) is 5.95 Å². The van der Waals surface area contributed by atoms with E-state index in [1.807, 2.05) is 13.0 Å². The van der Waals surface area contributed by atoms with Crippen molar-refractivity contribution in [1.82, 2.24) is 19.5 Å². The summed E-state index contributed by atoms with van der Waals surface area (Å²) in [7, 11) is -2.02. The number of aromatic nitrogens is 4. The van der Waals surface area contributed by atoms with Crippen LogP contribution in [0.25, 0.3) is 11.0 Å². The van der Waals surface area contributed by atoms with Crippen molar-refractivity contribution in [2.75, 3.05) is 24.8 Å². The zero-order valence-electron chi connectivity index (χ0n) is 19.8. The number of fused-ring (bicyclic) bond motifs is 3. The lowest BCUT2D eigenvalue weighted by Crippen LogP contribution is -2.42. The molecule has 4 rings (SSSR count). The van der Waals surface area contributed by atoms with E-state index < -0.39 is 15.8 Å². The Hall–Kier alpha value is -3.01. The third kappa shape index (κ3) is 3.96. The molecule has 0 saturated heterocycles. The molecule has 0 fully saturated rings. The van der Waals surface area contributed by atoms with Gasteiger partial charge in [0.1, 0.15) is 5.82 Å². The maximum Gasteiger partial charge on any atom is 0.341 e. The minimum atomic E-state index is -3.35. The Morgan fingerprint density at radius 3 is 2.55 bits per heavy atom. The van der Waals surface area contributed by atoms with E-state index in [1.54, 1.807) is 13.0 Å². The molecule has 10 heteroatoms. The van der Waals surface area contributed by atoms with Crippen molar-refractivity contribution >= 4 is 32.8 Å². The van der Waals surface area contributed by atoms with Crippen LogP contribution in [0.1, 0.15) is 54.3 Å². The number of esters is 1.